The second-order valence-electron chi connectivity index (χ2n) is 2.49. The molecule has 1 rings (SSSR count). The summed E-state index contributed by atoms with van der Waals surface area (Å²) in [6.45, 7) is -2.31. The van der Waals surface area contributed by atoms with Gasteiger partial charge in [-0.05, 0) is 24.7 Å². The number of phenols is 1. The van der Waals surface area contributed by atoms with Gasteiger partial charge in [0, 0.05) is 10.7 Å². The number of benzene rings is 1. The average Bonchev–Trinajstić information content (AvgIpc) is 2.14. The summed E-state index contributed by atoms with van der Waals surface area (Å²) in [6, 6.07) is 5.96. The fourth-order valence-electron chi connectivity index (χ4n) is 0.911. The van der Waals surface area contributed by atoms with E-state index in [0.29, 0.717) is 5.56 Å². The van der Waals surface area contributed by atoms with E-state index in [0.717, 1.165) is 0 Å². The van der Waals surface area contributed by atoms with Gasteiger partial charge in [-0.3, -0.25) is 0 Å². The van der Waals surface area contributed by atoms with Gasteiger partial charge in [-0.15, -0.1) is 0 Å². The van der Waals surface area contributed by atoms with E-state index in [9.17, 15) is 5.11 Å². The molecule has 0 radical (unpaired) electrons. The second-order valence-corrected chi connectivity index (χ2v) is 2.49. The molecular weight excluding hydrogens is 155 g/mol. The Morgan fingerprint density at radius 2 is 2.17 bits per heavy atom. The van der Waals surface area contributed by atoms with Crippen LogP contribution in [-0.2, 0) is 0 Å². The van der Waals surface area contributed by atoms with Crippen molar-refractivity contribution >= 4 is 0 Å². The van der Waals surface area contributed by atoms with Crippen LogP contribution in [0.3, 0.4) is 0 Å². The number of rotatable bonds is 3. The van der Waals surface area contributed by atoms with Crippen LogP contribution in [0.2, 0.25) is 0 Å². The molecule has 1 unspecified atom stereocenters. The Balaban J connectivity index is 2.54. The normalized spacial score (nSPS) is 17.6. The first-order chi connectivity index (χ1) is 6.88. The van der Waals surface area contributed by atoms with Crippen LogP contribution in [0.15, 0.2) is 24.3 Å². The van der Waals surface area contributed by atoms with Gasteiger partial charge in [0.05, 0.1) is 6.10 Å². The summed E-state index contributed by atoms with van der Waals surface area (Å²) in [5, 5.41) is 20.8. The third kappa shape index (κ3) is 2.22. The highest BCUT2D eigenvalue weighted by molar-refractivity contribution is 5.27. The Morgan fingerprint density at radius 3 is 2.75 bits per heavy atom. The number of likely N-dealkylation sites (N-methyl/N-ethyl adjacent to an activating group) is 1. The molecule has 0 aromatic heterocycles. The number of aliphatic hydroxyl groups excluding tert-OH is 1. The fourth-order valence-corrected chi connectivity index (χ4v) is 0.911. The van der Waals surface area contributed by atoms with Gasteiger partial charge < -0.3 is 15.5 Å². The molecule has 66 valence electrons. The van der Waals surface area contributed by atoms with Crippen molar-refractivity contribution in [2.45, 2.75) is 6.10 Å². The van der Waals surface area contributed by atoms with Crippen LogP contribution in [0.25, 0.3) is 0 Å². The number of hydrogen-bond donors (Lipinski definition) is 3. The summed E-state index contributed by atoms with van der Waals surface area (Å²) in [7, 11) is 0. The molecule has 0 bridgehead atoms. The Kier molecular flexibility index (Phi) is 1.90. The summed E-state index contributed by atoms with van der Waals surface area (Å²) in [4.78, 5) is 0. The molecule has 0 aliphatic carbocycles. The molecule has 3 N–H and O–H groups in total. The predicted molar refractivity (Wildman–Crippen MR) is 47.0 cm³/mol. The monoisotopic (exact) mass is 171 g/mol. The van der Waals surface area contributed by atoms with Gasteiger partial charge in [-0.2, -0.15) is 0 Å². The summed E-state index contributed by atoms with van der Waals surface area (Å²) >= 11 is 0. The molecule has 3 nitrogen and oxygen atoms in total. The van der Waals surface area contributed by atoms with Crippen LogP contribution in [0, 0.1) is 0 Å². The minimum Gasteiger partial charge on any atom is -0.508 e. The van der Waals surface area contributed by atoms with Crippen LogP contribution >= 0.6 is 0 Å². The van der Waals surface area contributed by atoms with Crippen molar-refractivity contribution < 1.29 is 14.3 Å². The highest BCUT2D eigenvalue weighted by Gasteiger charge is 2.04. The minimum absolute atomic E-state index is 0.0543. The summed E-state index contributed by atoms with van der Waals surface area (Å²) in [5.74, 6) is 0.106. The van der Waals surface area contributed by atoms with Crippen molar-refractivity contribution in [2.75, 3.05) is 13.5 Å². The third-order valence-corrected chi connectivity index (χ3v) is 1.57. The molecule has 1 atom stereocenters. The number of aromatic hydroxyl groups is 1. The van der Waals surface area contributed by atoms with E-state index in [1.165, 1.54) is 12.1 Å². The standard InChI is InChI=1S/C9H13NO2/c1-10-6-9(12)7-2-4-8(11)5-3-7/h2-5,9-12H,6H2,1H3/i1+1D3. The van der Waals surface area contributed by atoms with E-state index in [1.54, 1.807) is 12.1 Å². The average molecular weight is 171 g/mol. The summed E-state index contributed by atoms with van der Waals surface area (Å²) in [5.41, 5.74) is 0.560. The first-order valence-electron chi connectivity index (χ1n) is 5.10. The largest absolute Gasteiger partial charge is 0.508 e. The van der Waals surface area contributed by atoms with Crippen molar-refractivity contribution in [3.8, 4) is 5.75 Å². The van der Waals surface area contributed by atoms with Gasteiger partial charge in [-0.25, -0.2) is 0 Å². The molecule has 0 amide bonds. The smallest absolute Gasteiger partial charge is 0.115 e. The zero-order valence-electron chi connectivity index (χ0n) is 9.49. The molecule has 0 fully saturated rings. The first kappa shape index (κ1) is 5.56. The van der Waals surface area contributed by atoms with E-state index >= 15 is 0 Å². The summed E-state index contributed by atoms with van der Waals surface area (Å²) in [6.07, 6.45) is -0.897. The highest BCUT2D eigenvalue weighted by atomic mass is 16.3. The Labute approximate surface area is 75.9 Å². The van der Waals surface area contributed by atoms with Crippen molar-refractivity contribution in [3.05, 3.63) is 29.8 Å². The Hall–Kier alpha value is -1.06. The van der Waals surface area contributed by atoms with Crippen molar-refractivity contribution in [1.29, 1.82) is 0 Å². The lowest BCUT2D eigenvalue weighted by Gasteiger charge is -2.09. The van der Waals surface area contributed by atoms with E-state index in [-0.39, 0.29) is 12.3 Å². The lowest BCUT2D eigenvalue weighted by Crippen LogP contribution is -2.16. The van der Waals surface area contributed by atoms with E-state index in [1.807, 2.05) is 0 Å². The third-order valence-electron chi connectivity index (χ3n) is 1.57. The van der Waals surface area contributed by atoms with Crippen molar-refractivity contribution in [2.24, 2.45) is 0 Å². The van der Waals surface area contributed by atoms with Gasteiger partial charge in [-0.1, -0.05) is 12.1 Å². The molecule has 3 heteroatoms. The molecule has 12 heavy (non-hydrogen) atoms. The SMILES string of the molecule is [2H][13C]([2H])([2H])NCC(O)c1ccc(O)cc1. The topological polar surface area (TPSA) is 52.5 Å². The molecule has 0 aliphatic rings. The van der Waals surface area contributed by atoms with E-state index in [2.05, 4.69) is 5.32 Å². The van der Waals surface area contributed by atoms with Gasteiger partial charge in [0.25, 0.3) is 0 Å². The lowest BCUT2D eigenvalue weighted by molar-refractivity contribution is 0.177. The molecule has 0 saturated heterocycles. The van der Waals surface area contributed by atoms with Gasteiger partial charge in [0.15, 0.2) is 0 Å². The molecular formula is C9H13NO2. The molecule has 0 aliphatic heterocycles. The lowest BCUT2D eigenvalue weighted by atomic mass is 10.1. The quantitative estimate of drug-likeness (QED) is 0.585. The van der Waals surface area contributed by atoms with Crippen LogP contribution in [-0.4, -0.2) is 23.7 Å². The molecule has 0 heterocycles. The maximum Gasteiger partial charge on any atom is 0.115 e. The van der Waals surface area contributed by atoms with Crippen LogP contribution in [0.5, 0.6) is 5.75 Å². The van der Waals surface area contributed by atoms with E-state index < -0.39 is 13.1 Å². The number of phenolic OH excluding ortho intramolecular Hbond substituents is 1. The maximum absolute atomic E-state index is 9.58. The maximum atomic E-state index is 9.58. The van der Waals surface area contributed by atoms with Crippen LogP contribution in [0.1, 0.15) is 15.8 Å². The number of aliphatic hydroxyl groups is 1. The molecule has 1 aromatic carbocycles. The molecule has 0 spiro atoms. The van der Waals surface area contributed by atoms with Crippen LogP contribution in [0.4, 0.5) is 0 Å². The van der Waals surface area contributed by atoms with E-state index in [4.69, 9.17) is 9.22 Å². The molecule has 1 aromatic rings. The second kappa shape index (κ2) is 4.09. The van der Waals surface area contributed by atoms with Crippen molar-refractivity contribution in [1.82, 2.24) is 5.32 Å². The zero-order valence-corrected chi connectivity index (χ0v) is 6.49. The van der Waals surface area contributed by atoms with Gasteiger partial charge in [0.1, 0.15) is 5.75 Å². The fraction of sp³-hybridized carbons (Fsp3) is 0.333. The number of hydrogen-bond acceptors (Lipinski definition) is 3. The zero-order chi connectivity index (χ0) is 11.5. The summed E-state index contributed by atoms with van der Waals surface area (Å²) < 4.78 is 20.7. The minimum atomic E-state index is -2.25. The van der Waals surface area contributed by atoms with Crippen LogP contribution < -0.4 is 5.32 Å². The first-order valence-corrected chi connectivity index (χ1v) is 3.60. The van der Waals surface area contributed by atoms with Gasteiger partial charge in [0.2, 0.25) is 0 Å². The molecule has 0 saturated carbocycles. The highest BCUT2D eigenvalue weighted by Crippen LogP contribution is 2.15. The Bertz CT molecular complexity index is 310. The predicted octanol–water partition coefficient (Wildman–Crippen LogP) is 0.645. The van der Waals surface area contributed by atoms with Crippen molar-refractivity contribution in [3.63, 3.8) is 0 Å². The van der Waals surface area contributed by atoms with Gasteiger partial charge >= 0.3 is 0 Å². The Morgan fingerprint density at radius 1 is 1.50 bits per heavy atom. The number of nitrogens with one attached hydrogen (secondary N) is 1.